The normalized spacial score (nSPS) is 18.8. The van der Waals surface area contributed by atoms with Crippen LogP contribution in [0.25, 0.3) is 0 Å². The van der Waals surface area contributed by atoms with E-state index in [9.17, 15) is 24.0 Å². The lowest BCUT2D eigenvalue weighted by atomic mass is 10.1. The van der Waals surface area contributed by atoms with Crippen molar-refractivity contribution in [1.29, 1.82) is 0 Å². The van der Waals surface area contributed by atoms with Crippen LogP contribution in [0.4, 0.5) is 10.5 Å². The predicted octanol–water partition coefficient (Wildman–Crippen LogP) is 0.815. The van der Waals surface area contributed by atoms with E-state index in [1.54, 1.807) is 19.1 Å². The second kappa shape index (κ2) is 8.01. The molecule has 0 spiro atoms. The van der Waals surface area contributed by atoms with E-state index >= 15 is 0 Å². The highest BCUT2D eigenvalue weighted by atomic mass is 32.2. The summed E-state index contributed by atoms with van der Waals surface area (Å²) >= 11 is 0.928. The molecule has 1 N–H and O–H groups in total. The number of carbonyl (C=O) groups is 5. The van der Waals surface area contributed by atoms with E-state index in [1.165, 1.54) is 17.9 Å². The first-order valence-electron chi connectivity index (χ1n) is 8.64. The van der Waals surface area contributed by atoms with Crippen molar-refractivity contribution in [3.63, 3.8) is 0 Å². The van der Waals surface area contributed by atoms with Gasteiger partial charge < -0.3 is 10.1 Å². The van der Waals surface area contributed by atoms with Crippen LogP contribution in [-0.2, 0) is 14.4 Å². The largest absolute Gasteiger partial charge is 0.479 e. The number of anilines is 1. The molecule has 1 unspecified atom stereocenters. The molecule has 1 fully saturated rings. The van der Waals surface area contributed by atoms with Gasteiger partial charge in [0.15, 0.2) is 11.9 Å². The summed E-state index contributed by atoms with van der Waals surface area (Å²) < 4.78 is 5.54. The van der Waals surface area contributed by atoms with Crippen molar-refractivity contribution in [2.45, 2.75) is 20.0 Å². The number of carbonyl (C=O) groups excluding carboxylic acids is 5. The Morgan fingerprint density at radius 1 is 1.25 bits per heavy atom. The van der Waals surface area contributed by atoms with Crippen LogP contribution in [0, 0.1) is 0 Å². The number of amides is 4. The number of thioether (sulfide) groups is 1. The molecule has 2 heterocycles. The summed E-state index contributed by atoms with van der Waals surface area (Å²) in [6.07, 6.45) is -0.764. The fraction of sp³-hybridized carbons (Fsp3) is 0.389. The number of benzene rings is 1. The van der Waals surface area contributed by atoms with E-state index in [4.69, 9.17) is 4.74 Å². The van der Waals surface area contributed by atoms with Crippen molar-refractivity contribution in [1.82, 2.24) is 10.2 Å². The van der Waals surface area contributed by atoms with Crippen LogP contribution in [0.2, 0.25) is 0 Å². The summed E-state index contributed by atoms with van der Waals surface area (Å²) in [6.45, 7) is 2.89. The molecule has 4 amide bonds. The number of fused-ring (bicyclic) bond motifs is 1. The zero-order chi connectivity index (χ0) is 20.4. The third-order valence-corrected chi connectivity index (χ3v) is 5.23. The highest BCUT2D eigenvalue weighted by Gasteiger charge is 2.33. The highest BCUT2D eigenvalue weighted by Crippen LogP contribution is 2.34. The first-order chi connectivity index (χ1) is 13.3. The number of hydrogen-bond acceptors (Lipinski definition) is 7. The Morgan fingerprint density at radius 3 is 2.64 bits per heavy atom. The number of hydrogen-bond donors (Lipinski definition) is 1. The molecule has 0 aromatic heterocycles. The van der Waals surface area contributed by atoms with Crippen LogP contribution in [0.15, 0.2) is 18.2 Å². The van der Waals surface area contributed by atoms with Crippen LogP contribution < -0.4 is 15.0 Å². The van der Waals surface area contributed by atoms with Crippen molar-refractivity contribution in [2.24, 2.45) is 0 Å². The molecular formula is C18H19N3O6S. The number of rotatable bonds is 6. The van der Waals surface area contributed by atoms with Gasteiger partial charge in [0, 0.05) is 18.7 Å². The van der Waals surface area contributed by atoms with Gasteiger partial charge in [0.25, 0.3) is 11.1 Å². The third kappa shape index (κ3) is 4.01. The number of ether oxygens (including phenoxy) is 1. The molecular weight excluding hydrogens is 386 g/mol. The van der Waals surface area contributed by atoms with Crippen molar-refractivity contribution >= 4 is 46.2 Å². The Balaban J connectivity index is 1.67. The third-order valence-electron chi connectivity index (χ3n) is 4.37. The van der Waals surface area contributed by atoms with E-state index in [1.807, 2.05) is 0 Å². The zero-order valence-corrected chi connectivity index (χ0v) is 16.2. The molecule has 1 atom stereocenters. The summed E-state index contributed by atoms with van der Waals surface area (Å²) in [5.41, 5.74) is 0.755. The molecule has 148 valence electrons. The standard InChI is InChI=1S/C18H19N3O6S/c1-10(22)12-3-4-14-13(7-12)21(17(25)11(2)27-14)8-15(23)19-5-6-20-16(24)9-28-18(20)26/h3-4,7,11H,5-6,8-9H2,1-2H3,(H,19,23). The molecule has 28 heavy (non-hydrogen) atoms. The summed E-state index contributed by atoms with van der Waals surface area (Å²) in [7, 11) is 0. The lowest BCUT2D eigenvalue weighted by molar-refractivity contribution is -0.128. The zero-order valence-electron chi connectivity index (χ0n) is 15.4. The van der Waals surface area contributed by atoms with Gasteiger partial charge in [-0.2, -0.15) is 0 Å². The molecule has 10 heteroatoms. The molecule has 3 rings (SSSR count). The quantitative estimate of drug-likeness (QED) is 0.697. The van der Waals surface area contributed by atoms with Crippen molar-refractivity contribution in [2.75, 3.05) is 30.3 Å². The molecule has 1 aromatic carbocycles. The summed E-state index contributed by atoms with van der Waals surface area (Å²) in [5.74, 6) is -0.779. The fourth-order valence-electron chi connectivity index (χ4n) is 2.89. The van der Waals surface area contributed by atoms with E-state index < -0.39 is 17.9 Å². The molecule has 0 aliphatic carbocycles. The van der Waals surface area contributed by atoms with E-state index in [2.05, 4.69) is 5.32 Å². The first-order valence-corrected chi connectivity index (χ1v) is 9.63. The molecule has 9 nitrogen and oxygen atoms in total. The summed E-state index contributed by atoms with van der Waals surface area (Å²) in [4.78, 5) is 61.9. The van der Waals surface area contributed by atoms with Gasteiger partial charge in [0.1, 0.15) is 12.3 Å². The number of nitrogens with one attached hydrogen (secondary N) is 1. The second-order valence-corrected chi connectivity index (χ2v) is 7.30. The highest BCUT2D eigenvalue weighted by molar-refractivity contribution is 8.14. The van der Waals surface area contributed by atoms with Crippen molar-refractivity contribution < 1.29 is 28.7 Å². The van der Waals surface area contributed by atoms with E-state index in [0.29, 0.717) is 17.0 Å². The van der Waals surface area contributed by atoms with Gasteiger partial charge in [-0.3, -0.25) is 33.8 Å². The lowest BCUT2D eigenvalue weighted by Crippen LogP contribution is -2.49. The van der Waals surface area contributed by atoms with Crippen LogP contribution in [0.5, 0.6) is 5.75 Å². The molecule has 0 radical (unpaired) electrons. The maximum atomic E-state index is 12.5. The Hall–Kier alpha value is -2.88. The van der Waals surface area contributed by atoms with Crippen molar-refractivity contribution in [3.8, 4) is 5.75 Å². The van der Waals surface area contributed by atoms with Gasteiger partial charge in [-0.25, -0.2) is 0 Å². The predicted molar refractivity (Wildman–Crippen MR) is 101 cm³/mol. The minimum Gasteiger partial charge on any atom is -0.479 e. The number of nitrogens with zero attached hydrogens (tertiary/aromatic N) is 2. The topological polar surface area (TPSA) is 113 Å². The fourth-order valence-corrected chi connectivity index (χ4v) is 3.64. The smallest absolute Gasteiger partial charge is 0.288 e. The minimum absolute atomic E-state index is 0.0783. The maximum Gasteiger partial charge on any atom is 0.288 e. The maximum absolute atomic E-state index is 12.5. The van der Waals surface area contributed by atoms with Gasteiger partial charge >= 0.3 is 0 Å². The Kier molecular flexibility index (Phi) is 5.68. The van der Waals surface area contributed by atoms with Crippen molar-refractivity contribution in [3.05, 3.63) is 23.8 Å². The molecule has 1 aromatic rings. The van der Waals surface area contributed by atoms with Gasteiger partial charge in [0.05, 0.1) is 11.4 Å². The SMILES string of the molecule is CC(=O)c1ccc2c(c1)N(CC(=O)NCCN1C(=O)CSC1=O)C(=O)C(C)O2. The number of ketones is 1. The molecule has 2 aliphatic heterocycles. The lowest BCUT2D eigenvalue weighted by Gasteiger charge is -2.32. The van der Waals surface area contributed by atoms with E-state index in [0.717, 1.165) is 16.7 Å². The monoisotopic (exact) mass is 405 g/mol. The average molecular weight is 405 g/mol. The first kappa shape index (κ1) is 19.9. The number of Topliss-reactive ketones (excluding diaryl/α,β-unsaturated/α-hetero) is 1. The van der Waals surface area contributed by atoms with Crippen LogP contribution in [-0.4, -0.2) is 65.1 Å². The molecule has 2 aliphatic rings. The van der Waals surface area contributed by atoms with Gasteiger partial charge in [0.2, 0.25) is 11.8 Å². The second-order valence-electron chi connectivity index (χ2n) is 6.37. The number of imide groups is 1. The molecule has 1 saturated heterocycles. The molecule has 0 saturated carbocycles. The van der Waals surface area contributed by atoms with Crippen LogP contribution in [0.3, 0.4) is 0 Å². The minimum atomic E-state index is -0.764. The van der Waals surface area contributed by atoms with Crippen LogP contribution in [0.1, 0.15) is 24.2 Å². The van der Waals surface area contributed by atoms with Gasteiger partial charge in [-0.15, -0.1) is 0 Å². The van der Waals surface area contributed by atoms with E-state index in [-0.39, 0.29) is 42.3 Å². The average Bonchev–Trinajstić information content (AvgIpc) is 2.97. The summed E-state index contributed by atoms with van der Waals surface area (Å²) in [6, 6.07) is 4.72. The summed E-state index contributed by atoms with van der Waals surface area (Å²) in [5, 5.41) is 2.27. The Labute approximate surface area is 165 Å². The Bertz CT molecular complexity index is 855. The van der Waals surface area contributed by atoms with Crippen LogP contribution >= 0.6 is 11.8 Å². The van der Waals surface area contributed by atoms with Gasteiger partial charge in [-0.1, -0.05) is 11.8 Å². The Morgan fingerprint density at radius 2 is 2.00 bits per heavy atom. The van der Waals surface area contributed by atoms with Gasteiger partial charge in [-0.05, 0) is 32.0 Å². The molecule has 0 bridgehead atoms.